The fourth-order valence-corrected chi connectivity index (χ4v) is 5.37. The van der Waals surface area contributed by atoms with Crippen molar-refractivity contribution in [3.05, 3.63) is 51.8 Å². The van der Waals surface area contributed by atoms with E-state index in [0.29, 0.717) is 31.6 Å². The molecule has 1 aromatic carbocycles. The molecule has 3 heterocycles. The highest BCUT2D eigenvalue weighted by molar-refractivity contribution is 5.75. The maximum Gasteiger partial charge on any atom is 0.419 e. The molecule has 2 aliphatic heterocycles. The first-order valence-electron chi connectivity index (χ1n) is 11.5. The normalized spacial score (nSPS) is 21.0. The Bertz CT molecular complexity index is 1050. The minimum atomic E-state index is -4.98. The summed E-state index contributed by atoms with van der Waals surface area (Å²) in [5.41, 5.74) is 0.372. The summed E-state index contributed by atoms with van der Waals surface area (Å²) in [5, 5.41) is 7.13. The minimum absolute atomic E-state index is 0.00754. The largest absolute Gasteiger partial charge is 0.419 e. The second-order valence-electron chi connectivity index (χ2n) is 10.4. The molecular weight excluding hydrogens is 455 g/mol. The van der Waals surface area contributed by atoms with Crippen LogP contribution in [-0.4, -0.2) is 52.5 Å². The first-order chi connectivity index (χ1) is 15.9. The summed E-state index contributed by atoms with van der Waals surface area (Å²) in [4.78, 5) is 16.2. The molecule has 0 spiro atoms. The lowest BCUT2D eigenvalue weighted by Crippen LogP contribution is -2.50. The summed E-state index contributed by atoms with van der Waals surface area (Å²) >= 11 is 0. The van der Waals surface area contributed by atoms with Gasteiger partial charge in [-0.05, 0) is 35.8 Å². The van der Waals surface area contributed by atoms with Crippen LogP contribution in [0.4, 0.5) is 22.0 Å². The van der Waals surface area contributed by atoms with Crippen LogP contribution in [-0.2, 0) is 12.6 Å². The van der Waals surface area contributed by atoms with E-state index >= 15 is 0 Å². The fourth-order valence-electron chi connectivity index (χ4n) is 5.37. The van der Waals surface area contributed by atoms with Crippen LogP contribution in [0.15, 0.2) is 12.1 Å². The smallest absolute Gasteiger partial charge is 0.296 e. The first kappa shape index (κ1) is 24.8. The molecule has 1 atom stereocenters. The number of carbonyl (C=O) groups is 1. The number of alkyl halides is 3. The van der Waals surface area contributed by atoms with Crippen molar-refractivity contribution in [3.8, 4) is 0 Å². The zero-order valence-corrected chi connectivity index (χ0v) is 19.5. The average molecular weight is 485 g/mol. The predicted molar refractivity (Wildman–Crippen MR) is 116 cm³/mol. The molecule has 4 rings (SSSR count). The van der Waals surface area contributed by atoms with Gasteiger partial charge >= 0.3 is 6.18 Å². The van der Waals surface area contributed by atoms with Crippen molar-refractivity contribution in [2.75, 3.05) is 26.2 Å². The maximum absolute atomic E-state index is 14.1. The quantitative estimate of drug-likeness (QED) is 0.473. The average Bonchev–Trinajstić information content (AvgIpc) is 3.17. The number of aromatic amines is 1. The standard InChI is InChI=1S/C24H29F5N4O/c1-23(2,3)13-33-11-8-17-19(18(12-34)31-30-17)22(33)32-9-6-14(7-10-32)15-4-5-16(25)21(26)20(15)24(27,28)29/h4-5,12,14,22H,6-11,13H2,1-3H3,(H,30,31). The number of hydrogen-bond acceptors (Lipinski definition) is 4. The molecule has 0 amide bonds. The molecule has 1 saturated heterocycles. The van der Waals surface area contributed by atoms with Crippen LogP contribution >= 0.6 is 0 Å². The minimum Gasteiger partial charge on any atom is -0.296 e. The molecule has 2 aromatic rings. The van der Waals surface area contributed by atoms with Gasteiger partial charge < -0.3 is 0 Å². The summed E-state index contributed by atoms with van der Waals surface area (Å²) in [6.45, 7) is 8.82. The Labute approximate surface area is 195 Å². The number of rotatable bonds is 4. The van der Waals surface area contributed by atoms with E-state index in [4.69, 9.17) is 0 Å². The molecule has 1 fully saturated rings. The van der Waals surface area contributed by atoms with Crippen LogP contribution in [0.1, 0.15) is 78.6 Å². The van der Waals surface area contributed by atoms with Gasteiger partial charge in [-0.1, -0.05) is 26.8 Å². The number of H-pyrrole nitrogens is 1. The van der Waals surface area contributed by atoms with E-state index in [2.05, 4.69) is 40.8 Å². The van der Waals surface area contributed by atoms with E-state index in [-0.39, 0.29) is 17.1 Å². The van der Waals surface area contributed by atoms with Gasteiger partial charge in [0.15, 0.2) is 17.9 Å². The van der Waals surface area contributed by atoms with Gasteiger partial charge in [-0.2, -0.15) is 18.3 Å². The van der Waals surface area contributed by atoms with Crippen LogP contribution in [0.5, 0.6) is 0 Å². The molecular formula is C24H29F5N4O. The van der Waals surface area contributed by atoms with Gasteiger partial charge in [0.1, 0.15) is 5.69 Å². The van der Waals surface area contributed by atoms with E-state index in [1.54, 1.807) is 0 Å². The molecule has 34 heavy (non-hydrogen) atoms. The molecule has 1 aromatic heterocycles. The van der Waals surface area contributed by atoms with Gasteiger partial charge in [0.2, 0.25) is 0 Å². The van der Waals surface area contributed by atoms with Crippen molar-refractivity contribution in [3.63, 3.8) is 0 Å². The Morgan fingerprint density at radius 1 is 1.12 bits per heavy atom. The summed E-state index contributed by atoms with van der Waals surface area (Å²) in [5.74, 6) is -3.88. The molecule has 1 N–H and O–H groups in total. The van der Waals surface area contributed by atoms with Crippen molar-refractivity contribution >= 4 is 6.29 Å². The van der Waals surface area contributed by atoms with E-state index < -0.39 is 29.3 Å². The van der Waals surface area contributed by atoms with Crippen molar-refractivity contribution in [1.29, 1.82) is 0 Å². The second kappa shape index (κ2) is 9.03. The number of carbonyl (C=O) groups excluding carboxylic acids is 1. The Morgan fingerprint density at radius 3 is 2.38 bits per heavy atom. The van der Waals surface area contributed by atoms with Crippen LogP contribution in [0.2, 0.25) is 0 Å². The van der Waals surface area contributed by atoms with Crippen molar-refractivity contribution in [2.24, 2.45) is 5.41 Å². The Balaban J connectivity index is 1.62. The molecule has 5 nitrogen and oxygen atoms in total. The Hall–Kier alpha value is -2.33. The zero-order valence-electron chi connectivity index (χ0n) is 19.5. The molecule has 10 heteroatoms. The number of aromatic nitrogens is 2. The first-order valence-corrected chi connectivity index (χ1v) is 11.5. The van der Waals surface area contributed by atoms with E-state index in [9.17, 15) is 26.7 Å². The van der Waals surface area contributed by atoms with E-state index in [1.165, 1.54) is 0 Å². The molecule has 0 radical (unpaired) electrons. The molecule has 0 bridgehead atoms. The molecule has 0 saturated carbocycles. The third kappa shape index (κ3) is 4.75. The van der Waals surface area contributed by atoms with E-state index in [0.717, 1.165) is 49.2 Å². The predicted octanol–water partition coefficient (Wildman–Crippen LogP) is 5.30. The van der Waals surface area contributed by atoms with E-state index in [1.807, 2.05) is 0 Å². The van der Waals surface area contributed by atoms with Crippen molar-refractivity contribution in [2.45, 2.75) is 58.3 Å². The Kier molecular flexibility index (Phi) is 6.58. The molecule has 1 unspecified atom stereocenters. The van der Waals surface area contributed by atoms with Crippen LogP contribution < -0.4 is 0 Å². The summed E-state index contributed by atoms with van der Waals surface area (Å²) < 4.78 is 68.4. The van der Waals surface area contributed by atoms with Gasteiger partial charge in [0.25, 0.3) is 0 Å². The van der Waals surface area contributed by atoms with Gasteiger partial charge in [0.05, 0.1) is 11.7 Å². The Morgan fingerprint density at radius 2 is 1.79 bits per heavy atom. The number of aldehydes is 1. The number of benzene rings is 1. The van der Waals surface area contributed by atoms with Gasteiger partial charge in [-0.3, -0.25) is 19.7 Å². The highest BCUT2D eigenvalue weighted by Crippen LogP contribution is 2.43. The number of hydrogen-bond donors (Lipinski definition) is 1. The second-order valence-corrected chi connectivity index (χ2v) is 10.4. The lowest BCUT2D eigenvalue weighted by molar-refractivity contribution is -0.141. The highest BCUT2D eigenvalue weighted by atomic mass is 19.4. The fraction of sp³-hybridized carbons (Fsp3) is 0.583. The van der Waals surface area contributed by atoms with Crippen LogP contribution in [0.25, 0.3) is 0 Å². The number of nitrogens with zero attached hydrogens (tertiary/aromatic N) is 3. The summed E-state index contributed by atoms with van der Waals surface area (Å²) in [7, 11) is 0. The highest BCUT2D eigenvalue weighted by Gasteiger charge is 2.42. The number of halogens is 5. The topological polar surface area (TPSA) is 52.2 Å². The lowest BCUT2D eigenvalue weighted by Gasteiger charge is -2.47. The van der Waals surface area contributed by atoms with Crippen LogP contribution in [0.3, 0.4) is 0 Å². The van der Waals surface area contributed by atoms with Gasteiger partial charge in [0, 0.05) is 43.9 Å². The third-order valence-electron chi connectivity index (χ3n) is 6.68. The number of likely N-dealkylation sites (tertiary alicyclic amines) is 1. The third-order valence-corrected chi connectivity index (χ3v) is 6.68. The molecule has 2 aliphatic rings. The number of nitrogens with one attached hydrogen (secondary N) is 1. The lowest BCUT2D eigenvalue weighted by atomic mass is 9.85. The summed E-state index contributed by atoms with van der Waals surface area (Å²) in [6.07, 6.45) is -3.03. The number of piperidine rings is 1. The zero-order chi connectivity index (χ0) is 24.8. The SMILES string of the molecule is CC(C)(C)CN1CCc2[nH]nc(C=O)c2C1N1CCC(c2ccc(F)c(F)c2C(F)(F)F)CC1. The van der Waals surface area contributed by atoms with Gasteiger partial charge in [-0.15, -0.1) is 0 Å². The van der Waals surface area contributed by atoms with Gasteiger partial charge in [-0.25, -0.2) is 8.78 Å². The van der Waals surface area contributed by atoms with Crippen molar-refractivity contribution in [1.82, 2.24) is 20.0 Å². The monoisotopic (exact) mass is 484 g/mol. The van der Waals surface area contributed by atoms with Crippen LogP contribution in [0, 0.1) is 17.0 Å². The maximum atomic E-state index is 14.1. The molecule has 186 valence electrons. The summed E-state index contributed by atoms with van der Waals surface area (Å²) in [6, 6.07) is 1.83. The number of fused-ring (bicyclic) bond motifs is 1. The molecule has 0 aliphatic carbocycles. The van der Waals surface area contributed by atoms with Crippen molar-refractivity contribution < 1.29 is 26.7 Å².